The highest BCUT2D eigenvalue weighted by Gasteiger charge is 2.14. The molecule has 0 bridgehead atoms. The van der Waals surface area contributed by atoms with E-state index in [0.29, 0.717) is 11.8 Å². The average Bonchev–Trinajstić information content (AvgIpc) is 2.60. The highest BCUT2D eigenvalue weighted by Crippen LogP contribution is 2.25. The smallest absolute Gasteiger partial charge is 0.0995 e. The summed E-state index contributed by atoms with van der Waals surface area (Å²) in [7, 11) is 0. The van der Waals surface area contributed by atoms with E-state index in [2.05, 4.69) is 42.3 Å². The van der Waals surface area contributed by atoms with E-state index >= 15 is 0 Å². The fourth-order valence-corrected chi connectivity index (χ4v) is 1.63. The van der Waals surface area contributed by atoms with Crippen molar-refractivity contribution in [1.29, 1.82) is 0 Å². The molecule has 2 heteroatoms. The monoisotopic (exact) mass is 188 g/mol. The number of hydrogen-bond donors (Lipinski definition) is 0. The molecular formula is C12H16N2. The zero-order chi connectivity index (χ0) is 10.1. The molecule has 1 atom stereocenters. The number of fused-ring (bicyclic) bond motifs is 1. The molecule has 2 nitrogen and oxygen atoms in total. The predicted molar refractivity (Wildman–Crippen MR) is 58.4 cm³/mol. The number of nitrogens with zero attached hydrogens (tertiary/aromatic N) is 2. The Balaban J connectivity index is 2.53. The van der Waals surface area contributed by atoms with Gasteiger partial charge in [-0.15, -0.1) is 0 Å². The van der Waals surface area contributed by atoms with Crippen molar-refractivity contribution in [3.63, 3.8) is 0 Å². The second-order valence-corrected chi connectivity index (χ2v) is 4.16. The minimum absolute atomic E-state index is 0.516. The molecular weight excluding hydrogens is 172 g/mol. The van der Waals surface area contributed by atoms with Crippen molar-refractivity contribution in [2.45, 2.75) is 26.7 Å². The molecule has 1 unspecified atom stereocenters. The summed E-state index contributed by atoms with van der Waals surface area (Å²) in [5, 5.41) is 0. The molecule has 0 aliphatic rings. The lowest BCUT2D eigenvalue weighted by atomic mass is 9.94. The van der Waals surface area contributed by atoms with E-state index in [0.717, 1.165) is 0 Å². The Morgan fingerprint density at radius 3 is 2.71 bits per heavy atom. The highest BCUT2D eigenvalue weighted by molar-refractivity contribution is 5.53. The van der Waals surface area contributed by atoms with Gasteiger partial charge < -0.3 is 4.40 Å². The fourth-order valence-electron chi connectivity index (χ4n) is 1.63. The molecule has 0 aromatic carbocycles. The molecule has 14 heavy (non-hydrogen) atoms. The third-order valence-corrected chi connectivity index (χ3v) is 2.91. The molecule has 2 heterocycles. The molecule has 0 fully saturated rings. The maximum atomic E-state index is 4.48. The summed E-state index contributed by atoms with van der Waals surface area (Å²) in [4.78, 5) is 4.48. The predicted octanol–water partition coefficient (Wildman–Crippen LogP) is 3.09. The van der Waals surface area contributed by atoms with Gasteiger partial charge in [0.2, 0.25) is 0 Å². The van der Waals surface area contributed by atoms with Crippen LogP contribution in [0, 0.1) is 5.92 Å². The van der Waals surface area contributed by atoms with Crippen LogP contribution in [0.15, 0.2) is 30.7 Å². The molecule has 74 valence electrons. The van der Waals surface area contributed by atoms with Crippen molar-refractivity contribution in [3.05, 3.63) is 36.4 Å². The van der Waals surface area contributed by atoms with E-state index in [1.54, 1.807) is 0 Å². The fraction of sp³-hybridized carbons (Fsp3) is 0.417. The van der Waals surface area contributed by atoms with Gasteiger partial charge >= 0.3 is 0 Å². The van der Waals surface area contributed by atoms with Gasteiger partial charge in [-0.25, -0.2) is 4.98 Å². The highest BCUT2D eigenvalue weighted by atomic mass is 15.0. The number of imidazole rings is 1. The van der Waals surface area contributed by atoms with Crippen molar-refractivity contribution in [2.75, 3.05) is 0 Å². The van der Waals surface area contributed by atoms with E-state index in [1.165, 1.54) is 11.2 Å². The summed E-state index contributed by atoms with van der Waals surface area (Å²) in [6.45, 7) is 6.71. The van der Waals surface area contributed by atoms with Crippen molar-refractivity contribution in [1.82, 2.24) is 9.38 Å². The summed E-state index contributed by atoms with van der Waals surface area (Å²) in [6.07, 6.45) is 3.93. The first-order valence-electron chi connectivity index (χ1n) is 5.11. The first kappa shape index (κ1) is 9.25. The second kappa shape index (κ2) is 3.45. The van der Waals surface area contributed by atoms with Gasteiger partial charge in [0.1, 0.15) is 0 Å². The second-order valence-electron chi connectivity index (χ2n) is 4.16. The van der Waals surface area contributed by atoms with Crippen LogP contribution in [0.2, 0.25) is 0 Å². The largest absolute Gasteiger partial charge is 0.306 e. The molecule has 2 aromatic heterocycles. The van der Waals surface area contributed by atoms with E-state index in [1.807, 2.05) is 18.6 Å². The Hall–Kier alpha value is -1.31. The molecule has 0 amide bonds. The van der Waals surface area contributed by atoms with Gasteiger partial charge in [-0.05, 0) is 18.1 Å². The Bertz CT molecular complexity index is 429. The standard InChI is InChI=1S/C12H16N2/c1-9(2)10(3)12-11-6-4-5-7-14(11)8-13-12/h4-10H,1-3H3. The van der Waals surface area contributed by atoms with Gasteiger partial charge in [-0.2, -0.15) is 0 Å². The number of rotatable bonds is 2. The quantitative estimate of drug-likeness (QED) is 0.708. The molecule has 0 radical (unpaired) electrons. The van der Waals surface area contributed by atoms with Crippen LogP contribution in [0.1, 0.15) is 32.4 Å². The first-order valence-corrected chi connectivity index (χ1v) is 5.11. The van der Waals surface area contributed by atoms with Gasteiger partial charge in [-0.1, -0.05) is 26.8 Å². The Morgan fingerprint density at radius 1 is 1.21 bits per heavy atom. The van der Waals surface area contributed by atoms with Crippen molar-refractivity contribution in [2.24, 2.45) is 5.92 Å². The number of pyridine rings is 1. The normalized spacial score (nSPS) is 13.7. The van der Waals surface area contributed by atoms with Crippen LogP contribution >= 0.6 is 0 Å². The van der Waals surface area contributed by atoms with E-state index < -0.39 is 0 Å². The molecule has 0 aliphatic carbocycles. The van der Waals surface area contributed by atoms with E-state index in [-0.39, 0.29) is 0 Å². The average molecular weight is 188 g/mol. The van der Waals surface area contributed by atoms with Crippen LogP contribution in [0.25, 0.3) is 5.52 Å². The molecule has 0 spiro atoms. The van der Waals surface area contributed by atoms with E-state index in [9.17, 15) is 0 Å². The third-order valence-electron chi connectivity index (χ3n) is 2.91. The molecule has 0 aliphatic heterocycles. The van der Waals surface area contributed by atoms with Crippen LogP contribution in [0.3, 0.4) is 0 Å². The topological polar surface area (TPSA) is 17.3 Å². The van der Waals surface area contributed by atoms with Gasteiger partial charge in [0, 0.05) is 12.1 Å². The summed E-state index contributed by atoms with van der Waals surface area (Å²) < 4.78 is 2.08. The minimum Gasteiger partial charge on any atom is -0.306 e. The van der Waals surface area contributed by atoms with Crippen molar-refractivity contribution >= 4 is 5.52 Å². The van der Waals surface area contributed by atoms with Gasteiger partial charge in [0.15, 0.2) is 0 Å². The molecule has 2 aromatic rings. The number of aromatic nitrogens is 2. The summed E-state index contributed by atoms with van der Waals surface area (Å²) in [5.74, 6) is 1.15. The third kappa shape index (κ3) is 1.41. The Morgan fingerprint density at radius 2 is 2.00 bits per heavy atom. The minimum atomic E-state index is 0.516. The first-order chi connectivity index (χ1) is 6.70. The van der Waals surface area contributed by atoms with Gasteiger partial charge in [-0.3, -0.25) is 0 Å². The molecule has 2 rings (SSSR count). The molecule has 0 N–H and O–H groups in total. The van der Waals surface area contributed by atoms with Crippen molar-refractivity contribution < 1.29 is 0 Å². The van der Waals surface area contributed by atoms with E-state index in [4.69, 9.17) is 0 Å². The van der Waals surface area contributed by atoms with Crippen LogP contribution in [-0.4, -0.2) is 9.38 Å². The SMILES string of the molecule is CC(C)C(C)c1ncn2ccccc12. The molecule has 0 saturated carbocycles. The van der Waals surface area contributed by atoms with Crippen LogP contribution < -0.4 is 0 Å². The summed E-state index contributed by atoms with van der Waals surface area (Å²) in [6, 6.07) is 6.22. The zero-order valence-electron chi connectivity index (χ0n) is 8.94. The van der Waals surface area contributed by atoms with Crippen LogP contribution in [0.5, 0.6) is 0 Å². The lowest BCUT2D eigenvalue weighted by Gasteiger charge is -2.13. The Kier molecular flexibility index (Phi) is 2.28. The van der Waals surface area contributed by atoms with Crippen LogP contribution in [-0.2, 0) is 0 Å². The lowest BCUT2D eigenvalue weighted by Crippen LogP contribution is -2.02. The maximum absolute atomic E-state index is 4.48. The summed E-state index contributed by atoms with van der Waals surface area (Å²) >= 11 is 0. The zero-order valence-corrected chi connectivity index (χ0v) is 8.94. The van der Waals surface area contributed by atoms with Crippen molar-refractivity contribution in [3.8, 4) is 0 Å². The summed E-state index contributed by atoms with van der Waals surface area (Å²) in [5.41, 5.74) is 2.44. The lowest BCUT2D eigenvalue weighted by molar-refractivity contribution is 0.528. The van der Waals surface area contributed by atoms with Gasteiger partial charge in [0.25, 0.3) is 0 Å². The van der Waals surface area contributed by atoms with Crippen LogP contribution in [0.4, 0.5) is 0 Å². The molecule has 0 saturated heterocycles. The van der Waals surface area contributed by atoms with Gasteiger partial charge in [0.05, 0.1) is 17.5 Å². The Labute approximate surface area is 84.6 Å². The number of hydrogen-bond acceptors (Lipinski definition) is 1. The maximum Gasteiger partial charge on any atom is 0.0995 e.